The Hall–Kier alpha value is -2.67. The first-order valence-electron chi connectivity index (χ1n) is 9.38. The molecule has 1 aromatic heterocycles. The van der Waals surface area contributed by atoms with Crippen LogP contribution in [0.3, 0.4) is 0 Å². The number of piperazine rings is 2. The van der Waals surface area contributed by atoms with Crippen molar-refractivity contribution in [2.24, 2.45) is 0 Å². The Balaban J connectivity index is 1.44. The Kier molecular flexibility index (Phi) is 4.70. The molecule has 2 fully saturated rings. The minimum atomic E-state index is -0.514. The lowest BCUT2D eigenvalue weighted by Crippen LogP contribution is -2.69. The van der Waals surface area contributed by atoms with Crippen LogP contribution >= 0.6 is 0 Å². The van der Waals surface area contributed by atoms with Gasteiger partial charge in [-0.05, 0) is 25.0 Å². The fourth-order valence-electron chi connectivity index (χ4n) is 3.97. The molecular weight excluding hydrogens is 342 g/mol. The molecule has 0 unspecified atom stereocenters. The molecule has 142 valence electrons. The predicted octanol–water partition coefficient (Wildman–Crippen LogP) is 0.780. The zero-order valence-electron chi connectivity index (χ0n) is 15.7. The van der Waals surface area contributed by atoms with Crippen LogP contribution in [0.1, 0.15) is 22.4 Å². The highest BCUT2D eigenvalue weighted by Gasteiger charge is 2.43. The number of aromatic amines is 1. The van der Waals surface area contributed by atoms with Gasteiger partial charge in [-0.1, -0.05) is 23.8 Å². The highest BCUT2D eigenvalue weighted by molar-refractivity contribution is 5.97. The average Bonchev–Trinajstić information content (AvgIpc) is 3.16. The minimum absolute atomic E-state index is 0.000543. The number of rotatable bonds is 4. The number of nitrogens with zero attached hydrogens (tertiary/aromatic N) is 3. The zero-order chi connectivity index (χ0) is 19.0. The molecule has 4 rings (SSSR count). The first kappa shape index (κ1) is 17.7. The van der Waals surface area contributed by atoms with Crippen molar-refractivity contribution < 1.29 is 9.59 Å². The number of benzene rings is 1. The van der Waals surface area contributed by atoms with Crippen molar-refractivity contribution >= 4 is 11.8 Å². The average molecular weight is 367 g/mol. The molecule has 27 heavy (non-hydrogen) atoms. The summed E-state index contributed by atoms with van der Waals surface area (Å²) in [5.74, 6) is -0.0645. The SMILES string of the molecule is Cc1ccc(C)c(CN2CCN3C(=O)[C@H](Cc4cnc[nH]4)NC(=O)[C@H]3C2)c1. The summed E-state index contributed by atoms with van der Waals surface area (Å²) in [6.07, 6.45) is 3.72. The van der Waals surface area contributed by atoms with Crippen LogP contribution in [-0.2, 0) is 22.6 Å². The molecule has 2 aliphatic heterocycles. The first-order valence-corrected chi connectivity index (χ1v) is 9.38. The second-order valence-corrected chi connectivity index (χ2v) is 7.55. The number of carbonyl (C=O) groups excluding carboxylic acids is 2. The number of amides is 2. The number of hydrogen-bond acceptors (Lipinski definition) is 4. The fraction of sp³-hybridized carbons (Fsp3) is 0.450. The summed E-state index contributed by atoms with van der Waals surface area (Å²) in [5, 5.41) is 2.90. The third kappa shape index (κ3) is 3.60. The molecule has 0 spiro atoms. The fourth-order valence-corrected chi connectivity index (χ4v) is 3.97. The van der Waals surface area contributed by atoms with Gasteiger partial charge in [0.1, 0.15) is 12.1 Å². The normalized spacial score (nSPS) is 23.3. The van der Waals surface area contributed by atoms with Gasteiger partial charge in [0.2, 0.25) is 11.8 Å². The third-order valence-corrected chi connectivity index (χ3v) is 5.54. The van der Waals surface area contributed by atoms with E-state index in [-0.39, 0.29) is 11.8 Å². The maximum atomic E-state index is 12.9. The molecule has 3 heterocycles. The van der Waals surface area contributed by atoms with Crippen LogP contribution in [0.4, 0.5) is 0 Å². The van der Waals surface area contributed by atoms with E-state index in [0.29, 0.717) is 19.5 Å². The van der Waals surface area contributed by atoms with Gasteiger partial charge in [0.05, 0.1) is 6.33 Å². The van der Waals surface area contributed by atoms with E-state index < -0.39 is 12.1 Å². The van der Waals surface area contributed by atoms with Crippen molar-refractivity contribution in [1.29, 1.82) is 0 Å². The van der Waals surface area contributed by atoms with Crippen molar-refractivity contribution in [3.63, 3.8) is 0 Å². The van der Waals surface area contributed by atoms with Crippen LogP contribution in [0.5, 0.6) is 0 Å². The molecule has 2 aliphatic rings. The topological polar surface area (TPSA) is 81.3 Å². The standard InChI is InChI=1S/C20H25N5O2/c1-13-3-4-14(2)15(7-13)10-24-5-6-25-18(11-24)19(26)23-17(20(25)27)8-16-9-21-12-22-16/h3-4,7,9,12,17-18H,5-6,8,10-11H2,1-2H3,(H,21,22)(H,23,26)/t17-,18+/m0/s1. The lowest BCUT2D eigenvalue weighted by molar-refractivity contribution is -0.153. The lowest BCUT2D eigenvalue weighted by atomic mass is 10.00. The molecule has 0 bridgehead atoms. The van der Waals surface area contributed by atoms with Crippen molar-refractivity contribution in [2.45, 2.75) is 38.9 Å². The molecule has 2 aromatic rings. The summed E-state index contributed by atoms with van der Waals surface area (Å²) < 4.78 is 0. The van der Waals surface area contributed by atoms with E-state index >= 15 is 0 Å². The Bertz CT molecular complexity index is 848. The van der Waals surface area contributed by atoms with Gasteiger partial charge < -0.3 is 15.2 Å². The number of fused-ring (bicyclic) bond motifs is 1. The number of carbonyl (C=O) groups is 2. The number of imidazole rings is 1. The highest BCUT2D eigenvalue weighted by Crippen LogP contribution is 2.21. The summed E-state index contributed by atoms with van der Waals surface area (Å²) in [6, 6.07) is 5.53. The summed E-state index contributed by atoms with van der Waals surface area (Å²) in [5.41, 5.74) is 4.62. The molecule has 2 N–H and O–H groups in total. The van der Waals surface area contributed by atoms with E-state index in [1.165, 1.54) is 16.7 Å². The van der Waals surface area contributed by atoms with Gasteiger partial charge >= 0.3 is 0 Å². The van der Waals surface area contributed by atoms with Crippen molar-refractivity contribution in [1.82, 2.24) is 25.1 Å². The maximum absolute atomic E-state index is 12.9. The zero-order valence-corrected chi connectivity index (χ0v) is 15.7. The Morgan fingerprint density at radius 3 is 2.85 bits per heavy atom. The van der Waals surface area contributed by atoms with Gasteiger partial charge in [0.15, 0.2) is 0 Å². The Morgan fingerprint density at radius 1 is 1.22 bits per heavy atom. The second-order valence-electron chi connectivity index (χ2n) is 7.55. The number of aromatic nitrogens is 2. The molecule has 0 saturated carbocycles. The van der Waals surface area contributed by atoms with Crippen LogP contribution in [-0.4, -0.2) is 63.3 Å². The summed E-state index contributed by atoms with van der Waals surface area (Å²) in [6.45, 7) is 6.94. The van der Waals surface area contributed by atoms with Gasteiger partial charge in [-0.3, -0.25) is 14.5 Å². The van der Waals surface area contributed by atoms with Crippen LogP contribution in [0.15, 0.2) is 30.7 Å². The minimum Gasteiger partial charge on any atom is -0.348 e. The first-order chi connectivity index (χ1) is 13.0. The summed E-state index contributed by atoms with van der Waals surface area (Å²) in [7, 11) is 0. The molecule has 0 aliphatic carbocycles. The van der Waals surface area contributed by atoms with E-state index in [9.17, 15) is 9.59 Å². The van der Waals surface area contributed by atoms with Crippen LogP contribution in [0, 0.1) is 13.8 Å². The predicted molar refractivity (Wildman–Crippen MR) is 101 cm³/mol. The van der Waals surface area contributed by atoms with Crippen molar-refractivity contribution in [3.05, 3.63) is 53.1 Å². The molecule has 2 amide bonds. The van der Waals surface area contributed by atoms with Gasteiger partial charge in [-0.25, -0.2) is 4.98 Å². The molecule has 7 nitrogen and oxygen atoms in total. The van der Waals surface area contributed by atoms with E-state index in [4.69, 9.17) is 0 Å². The highest BCUT2D eigenvalue weighted by atomic mass is 16.2. The quantitative estimate of drug-likeness (QED) is 0.837. The van der Waals surface area contributed by atoms with Crippen molar-refractivity contribution in [3.8, 4) is 0 Å². The molecule has 2 saturated heterocycles. The van der Waals surface area contributed by atoms with E-state index in [1.807, 2.05) is 0 Å². The smallest absolute Gasteiger partial charge is 0.246 e. The van der Waals surface area contributed by atoms with E-state index in [1.54, 1.807) is 17.4 Å². The van der Waals surface area contributed by atoms with E-state index in [0.717, 1.165) is 18.8 Å². The summed E-state index contributed by atoms with van der Waals surface area (Å²) in [4.78, 5) is 36.5. The third-order valence-electron chi connectivity index (χ3n) is 5.54. The van der Waals surface area contributed by atoms with Crippen molar-refractivity contribution in [2.75, 3.05) is 19.6 Å². The van der Waals surface area contributed by atoms with Gasteiger partial charge in [-0.2, -0.15) is 0 Å². The Morgan fingerprint density at radius 2 is 2.07 bits per heavy atom. The van der Waals surface area contributed by atoms with E-state index in [2.05, 4.69) is 52.2 Å². The van der Waals surface area contributed by atoms with Gasteiger partial charge in [-0.15, -0.1) is 0 Å². The van der Waals surface area contributed by atoms with Crippen LogP contribution in [0.2, 0.25) is 0 Å². The second kappa shape index (κ2) is 7.15. The number of nitrogens with one attached hydrogen (secondary N) is 2. The number of H-pyrrole nitrogens is 1. The van der Waals surface area contributed by atoms with Crippen LogP contribution < -0.4 is 5.32 Å². The monoisotopic (exact) mass is 367 g/mol. The molecule has 2 atom stereocenters. The molecule has 7 heteroatoms. The Labute approximate surface area is 158 Å². The van der Waals surface area contributed by atoms with Gasteiger partial charge in [0, 0.05) is 44.5 Å². The maximum Gasteiger partial charge on any atom is 0.246 e. The lowest BCUT2D eigenvalue weighted by Gasteiger charge is -2.45. The van der Waals surface area contributed by atoms with Gasteiger partial charge in [0.25, 0.3) is 0 Å². The molecule has 0 radical (unpaired) electrons. The largest absolute Gasteiger partial charge is 0.348 e. The van der Waals surface area contributed by atoms with Crippen LogP contribution in [0.25, 0.3) is 0 Å². The molecular formula is C20H25N5O2. The summed E-state index contributed by atoms with van der Waals surface area (Å²) >= 11 is 0. The molecule has 1 aromatic carbocycles. The number of aryl methyl sites for hydroxylation is 2. The number of hydrogen-bond donors (Lipinski definition) is 2.